The van der Waals surface area contributed by atoms with E-state index < -0.39 is 8.53 Å². The molecular formula is C21H41N2O3P. The van der Waals surface area contributed by atoms with Gasteiger partial charge in [0.2, 0.25) is 0 Å². The van der Waals surface area contributed by atoms with Gasteiger partial charge in [-0.25, -0.2) is 4.67 Å². The Morgan fingerprint density at radius 1 is 1.00 bits per heavy atom. The summed E-state index contributed by atoms with van der Waals surface area (Å²) < 4.78 is 20.2. The van der Waals surface area contributed by atoms with Crippen molar-refractivity contribution in [2.45, 2.75) is 79.8 Å². The number of nitriles is 1. The summed E-state index contributed by atoms with van der Waals surface area (Å²) in [5.74, 6) is 3.06. The lowest BCUT2D eigenvalue weighted by Gasteiger charge is -2.35. The molecule has 0 amide bonds. The Morgan fingerprint density at radius 3 is 2.15 bits per heavy atom. The maximum atomic E-state index is 8.76. The normalized spacial score (nSPS) is 26.9. The van der Waals surface area contributed by atoms with Crippen LogP contribution >= 0.6 is 8.53 Å². The molecule has 0 spiro atoms. The fourth-order valence-corrected chi connectivity index (χ4v) is 5.55. The summed E-state index contributed by atoms with van der Waals surface area (Å²) in [5, 5.41) is 8.76. The molecule has 5 atom stereocenters. The molecule has 1 aliphatic carbocycles. The monoisotopic (exact) mass is 400 g/mol. The quantitative estimate of drug-likeness (QED) is 0.297. The molecule has 0 bridgehead atoms. The van der Waals surface area contributed by atoms with Crippen molar-refractivity contribution in [2.75, 3.05) is 26.4 Å². The molecule has 0 aromatic rings. The maximum Gasteiger partial charge on any atom is 0.259 e. The van der Waals surface area contributed by atoms with E-state index in [2.05, 4.69) is 59.2 Å². The van der Waals surface area contributed by atoms with Crippen LogP contribution in [0.4, 0.5) is 0 Å². The van der Waals surface area contributed by atoms with Gasteiger partial charge in [-0.2, -0.15) is 5.26 Å². The number of rotatable bonds is 13. The zero-order valence-electron chi connectivity index (χ0n) is 18.5. The Labute approximate surface area is 168 Å². The van der Waals surface area contributed by atoms with E-state index in [0.29, 0.717) is 37.6 Å². The molecule has 3 unspecified atom stereocenters. The smallest absolute Gasteiger partial charge is 0.259 e. The number of ether oxygens (including phenoxy) is 1. The van der Waals surface area contributed by atoms with E-state index in [4.69, 9.17) is 19.0 Å². The molecule has 0 heterocycles. The lowest BCUT2D eigenvalue weighted by molar-refractivity contribution is 0.0736. The molecule has 6 heteroatoms. The third kappa shape index (κ3) is 8.34. The zero-order chi connectivity index (χ0) is 20.4. The van der Waals surface area contributed by atoms with Crippen LogP contribution in [0, 0.1) is 35.0 Å². The molecule has 1 saturated carbocycles. The first-order valence-corrected chi connectivity index (χ1v) is 11.7. The highest BCUT2D eigenvalue weighted by Crippen LogP contribution is 2.46. The van der Waals surface area contributed by atoms with Crippen molar-refractivity contribution in [1.82, 2.24) is 4.67 Å². The second-order valence-corrected chi connectivity index (χ2v) is 9.95. The molecule has 1 rings (SSSR count). The first-order valence-electron chi connectivity index (χ1n) is 10.6. The van der Waals surface area contributed by atoms with Gasteiger partial charge < -0.3 is 13.8 Å². The van der Waals surface area contributed by atoms with E-state index in [1.54, 1.807) is 0 Å². The SMILES string of the molecule is CC1C(C)[C@H](C)C[C@@H]1COCCCOP(OCCC#N)N(C(C)C)C(C)C. The molecule has 0 aromatic carbocycles. The van der Waals surface area contributed by atoms with Gasteiger partial charge in [0.15, 0.2) is 0 Å². The molecular weight excluding hydrogens is 359 g/mol. The van der Waals surface area contributed by atoms with Gasteiger partial charge in [-0.3, -0.25) is 0 Å². The topological polar surface area (TPSA) is 54.7 Å². The lowest BCUT2D eigenvalue weighted by atomic mass is 9.91. The van der Waals surface area contributed by atoms with Crippen LogP contribution in [0.1, 0.15) is 67.7 Å². The molecule has 158 valence electrons. The summed E-state index contributed by atoms with van der Waals surface area (Å²) in [6.07, 6.45) is 2.55. The van der Waals surface area contributed by atoms with Crippen molar-refractivity contribution >= 4 is 8.53 Å². The molecule has 27 heavy (non-hydrogen) atoms. The van der Waals surface area contributed by atoms with E-state index >= 15 is 0 Å². The fourth-order valence-electron chi connectivity index (χ4n) is 3.93. The van der Waals surface area contributed by atoms with Gasteiger partial charge in [-0.1, -0.05) is 20.8 Å². The average Bonchev–Trinajstić information content (AvgIpc) is 2.84. The first kappa shape index (κ1) is 24.8. The van der Waals surface area contributed by atoms with E-state index in [1.807, 2.05) is 0 Å². The van der Waals surface area contributed by atoms with Crippen molar-refractivity contribution in [3.8, 4) is 6.07 Å². The molecule has 0 N–H and O–H groups in total. The van der Waals surface area contributed by atoms with Crippen molar-refractivity contribution in [2.24, 2.45) is 23.7 Å². The molecule has 1 fully saturated rings. The Bertz CT molecular complexity index is 434. The predicted molar refractivity (Wildman–Crippen MR) is 112 cm³/mol. The first-order chi connectivity index (χ1) is 12.8. The highest BCUT2D eigenvalue weighted by atomic mass is 31.2. The van der Waals surface area contributed by atoms with Crippen molar-refractivity contribution < 1.29 is 13.8 Å². The van der Waals surface area contributed by atoms with Crippen LogP contribution in [0.2, 0.25) is 0 Å². The van der Waals surface area contributed by atoms with Gasteiger partial charge in [-0.15, -0.1) is 0 Å². The summed E-state index contributed by atoms with van der Waals surface area (Å²) in [6, 6.07) is 2.80. The van der Waals surface area contributed by atoms with Crippen LogP contribution in [0.15, 0.2) is 0 Å². The molecule has 5 nitrogen and oxygen atoms in total. The molecule has 0 aliphatic heterocycles. The Morgan fingerprint density at radius 2 is 1.63 bits per heavy atom. The van der Waals surface area contributed by atoms with Crippen LogP contribution < -0.4 is 0 Å². The third-order valence-electron chi connectivity index (χ3n) is 5.77. The van der Waals surface area contributed by atoms with Crippen molar-refractivity contribution in [1.29, 1.82) is 5.26 Å². The lowest BCUT2D eigenvalue weighted by Crippen LogP contribution is -2.33. The van der Waals surface area contributed by atoms with E-state index in [0.717, 1.165) is 37.4 Å². The van der Waals surface area contributed by atoms with Crippen LogP contribution in [0.25, 0.3) is 0 Å². The molecule has 0 aromatic heterocycles. The standard InChI is InChI=1S/C21H41N2O3P/c1-16(2)23(17(3)4)27(25-12-8-10-22)26-13-9-11-24-15-21-14-18(5)19(6)20(21)7/h16-21H,8-9,11-15H2,1-7H3/t18-,19?,20?,21-,27?/m1/s1. The second-order valence-electron chi connectivity index (χ2n) is 8.50. The minimum atomic E-state index is -1.14. The maximum absolute atomic E-state index is 8.76. The van der Waals surface area contributed by atoms with Gasteiger partial charge in [-0.05, 0) is 64.2 Å². The Balaban J connectivity index is 2.33. The molecule has 1 aliphatic rings. The number of hydrogen-bond donors (Lipinski definition) is 0. The largest absolute Gasteiger partial charge is 0.381 e. The van der Waals surface area contributed by atoms with E-state index in [-0.39, 0.29) is 0 Å². The van der Waals surface area contributed by atoms with Gasteiger partial charge in [0.25, 0.3) is 8.53 Å². The van der Waals surface area contributed by atoms with Crippen molar-refractivity contribution in [3.05, 3.63) is 0 Å². The third-order valence-corrected chi connectivity index (χ3v) is 7.88. The summed E-state index contributed by atoms with van der Waals surface area (Å²) in [7, 11) is -1.14. The van der Waals surface area contributed by atoms with E-state index in [9.17, 15) is 0 Å². The van der Waals surface area contributed by atoms with Gasteiger partial charge in [0.1, 0.15) is 0 Å². The predicted octanol–water partition coefficient (Wildman–Crippen LogP) is 5.61. The highest BCUT2D eigenvalue weighted by Gasteiger charge is 2.35. The molecule has 0 radical (unpaired) electrons. The summed E-state index contributed by atoms with van der Waals surface area (Å²) >= 11 is 0. The number of nitrogens with zero attached hydrogens (tertiary/aromatic N) is 2. The minimum Gasteiger partial charge on any atom is -0.381 e. The summed E-state index contributed by atoms with van der Waals surface area (Å²) in [4.78, 5) is 0. The van der Waals surface area contributed by atoms with Gasteiger partial charge in [0.05, 0.1) is 25.7 Å². The fraction of sp³-hybridized carbons (Fsp3) is 0.952. The highest BCUT2D eigenvalue weighted by molar-refractivity contribution is 7.44. The van der Waals surface area contributed by atoms with Crippen molar-refractivity contribution in [3.63, 3.8) is 0 Å². The summed E-state index contributed by atoms with van der Waals surface area (Å²) in [6.45, 7) is 18.4. The minimum absolute atomic E-state index is 0.335. The molecule has 0 saturated heterocycles. The Kier molecular flexibility index (Phi) is 12.0. The van der Waals surface area contributed by atoms with Crippen LogP contribution in [0.5, 0.6) is 0 Å². The average molecular weight is 401 g/mol. The van der Waals surface area contributed by atoms with Gasteiger partial charge >= 0.3 is 0 Å². The second kappa shape index (κ2) is 13.1. The van der Waals surface area contributed by atoms with Gasteiger partial charge in [0, 0.05) is 25.3 Å². The van der Waals surface area contributed by atoms with Crippen LogP contribution in [-0.2, 0) is 13.8 Å². The Hall–Kier alpha value is -0.240. The zero-order valence-corrected chi connectivity index (χ0v) is 19.4. The number of hydrogen-bond acceptors (Lipinski definition) is 5. The van der Waals surface area contributed by atoms with Crippen LogP contribution in [0.3, 0.4) is 0 Å². The summed E-state index contributed by atoms with van der Waals surface area (Å²) in [5.41, 5.74) is 0. The van der Waals surface area contributed by atoms with Crippen LogP contribution in [-0.4, -0.2) is 43.2 Å². The van der Waals surface area contributed by atoms with E-state index in [1.165, 1.54) is 6.42 Å².